The molecule has 0 bridgehead atoms. The van der Waals surface area contributed by atoms with Crippen molar-refractivity contribution in [2.45, 2.75) is 191 Å². The monoisotopic (exact) mass is 2080 g/mol. The van der Waals surface area contributed by atoms with Crippen molar-refractivity contribution in [3.8, 4) is 5.75 Å². The maximum atomic E-state index is 12.8. The fraction of sp³-hybridized carbons (Fsp3) is 0.274. The Morgan fingerprint density at radius 1 is 0.417 bits per heavy atom. The molecule has 6 unspecified atom stereocenters. The number of benzene rings is 9. The van der Waals surface area contributed by atoms with Crippen molar-refractivity contribution in [3.05, 3.63) is 382 Å². The van der Waals surface area contributed by atoms with Crippen LogP contribution in [0.15, 0.2) is 265 Å². The third kappa shape index (κ3) is 16.7. The summed E-state index contributed by atoms with van der Waals surface area (Å²) in [5.41, 5.74) is 35.3. The van der Waals surface area contributed by atoms with E-state index in [0.717, 1.165) is 105 Å². The minimum atomic E-state index is 0.0904. The SMILES string of the molecule is Brc1ccc2[nH]c3c(c2c1)CCCC3N1Cc2ccccc2C1.Brc1ccc2[nH]c3c(c2c1)CCCC3c1ccccc1.Brc1ccc2[nH]c3c(c2c1)CCCC3n1cc2c(c1)CC=C2.CC(=O)n1c2c(c3cc(Br)ccc31)CCCC2n1cccc1.COc1cccc(C2CCCc3c2[nH]c2ccc(Br)cc32)c1.Cc1ccc2[nH]c3c(c2c1)CCCC3N1Cc2ccsc2C1=O. The van der Waals surface area contributed by atoms with Crippen LogP contribution in [0.4, 0.5) is 0 Å². The lowest BCUT2D eigenvalue weighted by Crippen LogP contribution is -2.31. The second-order valence-electron chi connectivity index (χ2n) is 37.3. The number of aromatic amines is 5. The first-order valence-corrected chi connectivity index (χ1v) is 51.9. The van der Waals surface area contributed by atoms with Crippen molar-refractivity contribution in [2.24, 2.45) is 0 Å². The van der Waals surface area contributed by atoms with E-state index in [9.17, 15) is 9.59 Å². The van der Waals surface area contributed by atoms with E-state index in [1.165, 1.54) is 247 Å². The number of hydrogen-bond acceptors (Lipinski definition) is 5. The Labute approximate surface area is 815 Å². The van der Waals surface area contributed by atoms with E-state index in [-0.39, 0.29) is 23.9 Å². The van der Waals surface area contributed by atoms with E-state index in [0.29, 0.717) is 23.9 Å². The van der Waals surface area contributed by atoms with Gasteiger partial charge in [0.1, 0.15) is 5.75 Å². The molecule has 0 saturated heterocycles. The molecule has 27 rings (SSSR count). The van der Waals surface area contributed by atoms with Gasteiger partial charge in [-0.1, -0.05) is 170 Å². The van der Waals surface area contributed by atoms with Crippen LogP contribution >= 0.6 is 91.0 Å². The molecule has 2 aliphatic heterocycles. The lowest BCUT2D eigenvalue weighted by molar-refractivity contribution is 0.0681. The third-order valence-corrected chi connectivity index (χ3v) is 32.8. The molecule has 11 heterocycles. The number of amides is 1. The molecule has 0 spiro atoms. The number of ether oxygens (including phenoxy) is 1. The molecule has 13 nitrogen and oxygen atoms in total. The van der Waals surface area contributed by atoms with Gasteiger partial charge in [0, 0.05) is 174 Å². The normalized spacial score (nSPS) is 19.0. The molecule has 132 heavy (non-hydrogen) atoms. The number of methoxy groups -OCH3 is 1. The number of aryl methyl sites for hydroxylation is 7. The van der Waals surface area contributed by atoms with E-state index >= 15 is 0 Å². The van der Waals surface area contributed by atoms with Crippen molar-refractivity contribution < 1.29 is 14.3 Å². The summed E-state index contributed by atoms with van der Waals surface area (Å²) >= 11 is 19.5. The van der Waals surface area contributed by atoms with Crippen LogP contribution in [-0.2, 0) is 64.6 Å². The molecular formula is C113H105Br5N10O3S. The summed E-state index contributed by atoms with van der Waals surface area (Å²) in [7, 11) is 1.73. The van der Waals surface area contributed by atoms with Gasteiger partial charge in [0.2, 0.25) is 5.91 Å². The molecule has 5 N–H and O–H groups in total. The van der Waals surface area contributed by atoms with Crippen LogP contribution in [0.3, 0.4) is 0 Å². The summed E-state index contributed by atoms with van der Waals surface area (Å²) in [6.07, 6.45) is 35.7. The first kappa shape index (κ1) is 86.9. The van der Waals surface area contributed by atoms with Gasteiger partial charge in [-0.25, -0.2) is 0 Å². The van der Waals surface area contributed by atoms with Crippen LogP contribution in [0, 0.1) is 6.92 Å². The van der Waals surface area contributed by atoms with Crippen LogP contribution in [0.2, 0.25) is 0 Å². The molecule has 7 aliphatic carbocycles. The maximum Gasteiger partial charge on any atom is 0.265 e. The van der Waals surface area contributed by atoms with E-state index in [1.54, 1.807) is 25.4 Å². The number of allylic oxidation sites excluding steroid dienone is 1. The number of nitrogens with zero attached hydrogens (tertiary/aromatic N) is 5. The van der Waals surface area contributed by atoms with Gasteiger partial charge in [-0.05, 0) is 340 Å². The highest BCUT2D eigenvalue weighted by molar-refractivity contribution is 9.11. The molecule has 0 saturated carbocycles. The van der Waals surface area contributed by atoms with Gasteiger partial charge < -0.3 is 43.7 Å². The van der Waals surface area contributed by atoms with Gasteiger partial charge in [-0.3, -0.25) is 19.1 Å². The Morgan fingerprint density at radius 3 is 1.45 bits per heavy atom. The third-order valence-electron chi connectivity index (χ3n) is 29.4. The van der Waals surface area contributed by atoms with E-state index in [2.05, 4.69) is 343 Å². The Bertz CT molecular complexity index is 7450. The lowest BCUT2D eigenvalue weighted by atomic mass is 9.82. The Kier molecular flexibility index (Phi) is 24.4. The smallest absolute Gasteiger partial charge is 0.265 e. The zero-order valence-electron chi connectivity index (χ0n) is 74.5. The zero-order valence-corrected chi connectivity index (χ0v) is 83.2. The van der Waals surface area contributed by atoms with Gasteiger partial charge >= 0.3 is 0 Å². The predicted octanol–water partition coefficient (Wildman–Crippen LogP) is 30.7. The highest BCUT2D eigenvalue weighted by Gasteiger charge is 2.40. The molecule has 6 atom stereocenters. The Morgan fingerprint density at radius 2 is 0.886 bits per heavy atom. The minimum absolute atomic E-state index is 0.0904. The summed E-state index contributed by atoms with van der Waals surface area (Å²) in [5, 5.41) is 10.1. The summed E-state index contributed by atoms with van der Waals surface area (Å²) in [4.78, 5) is 49.1. The van der Waals surface area contributed by atoms with Crippen LogP contribution in [0.25, 0.3) is 71.5 Å². The molecule has 9 aliphatic rings. The highest BCUT2D eigenvalue weighted by atomic mass is 79.9. The highest BCUT2D eigenvalue weighted by Crippen LogP contribution is 2.49. The van der Waals surface area contributed by atoms with Crippen molar-refractivity contribution in [1.82, 2.24) is 48.4 Å². The molecule has 9 aromatic heterocycles. The molecule has 19 heteroatoms. The molecule has 0 radical (unpaired) electrons. The van der Waals surface area contributed by atoms with Gasteiger partial charge in [0.05, 0.1) is 47.4 Å². The number of nitrogens with one attached hydrogen (secondary N) is 5. The van der Waals surface area contributed by atoms with E-state index in [4.69, 9.17) is 4.74 Å². The van der Waals surface area contributed by atoms with Crippen molar-refractivity contribution >= 4 is 174 Å². The van der Waals surface area contributed by atoms with Gasteiger partial charge in [0.15, 0.2) is 0 Å². The van der Waals surface area contributed by atoms with Crippen molar-refractivity contribution in [3.63, 3.8) is 0 Å². The molecule has 9 aromatic carbocycles. The number of aromatic nitrogens is 8. The van der Waals surface area contributed by atoms with E-state index in [1.807, 2.05) is 40.3 Å². The summed E-state index contributed by atoms with van der Waals surface area (Å²) < 4.78 is 17.7. The summed E-state index contributed by atoms with van der Waals surface area (Å²) in [5.74, 6) is 2.19. The topological polar surface area (TPSA) is 144 Å². The fourth-order valence-electron chi connectivity index (χ4n) is 23.4. The number of rotatable bonds is 7. The number of thiophene rings is 1. The standard InChI is InChI=1S/C20H19BrN2.C19H17BrN2.C19H18BrNO.C19H18N2OS.C18H17BrN2O.C18H16BrN/c21-15-8-9-18-17(10-15)16-6-3-7-19(20(16)22-18)23-11-13-4-1-2-5-14(13)12-23;20-14-7-8-17-16(9-14)15-5-2-6-18(19(15)21-17)22-10-12-3-1-4-13(12)11-22;1-22-14-5-2-4-12(10-14)15-6-3-7-16-17-11-13(20)8-9-18(17)21-19(15)16;1-11-5-6-15-14(9-11)13-3-2-4-16(17(13)20-15)21-10-12-7-8-23-18(12)19(21)22;1-12(22)21-16-8-7-13(19)11-15(16)14-5-4-6-17(18(14)21)20-9-2-3-10-20;19-13-9-10-17-16(11-13)15-8-4-7-14(18(15)20-17)12-5-2-1-3-6-12/h1-2,4-5,8-10,19,22H,3,6-7,11-12H2;1,3,7-11,18,21H,2,4-6H2;2,4-5,8-11,15,21H,3,6-7H2,1H3;5-9,16,20H,2-4,10H2,1H3;2-3,7-11,17H,4-6H2,1H3;1-3,5-6,9-11,14,20H,4,7-8H2. The number of carbonyl (C=O) groups is 2. The fourth-order valence-corrected chi connectivity index (χ4v) is 26.1. The first-order chi connectivity index (χ1) is 64.6. The average Bonchev–Trinajstić information content (AvgIpc) is 1.60. The second kappa shape index (κ2) is 37.1. The lowest BCUT2D eigenvalue weighted by Gasteiger charge is -2.31. The Hall–Kier alpha value is -10.5. The quantitative estimate of drug-likeness (QED) is 0.108. The van der Waals surface area contributed by atoms with Gasteiger partial charge in [-0.15, -0.1) is 11.3 Å². The largest absolute Gasteiger partial charge is 0.497 e. The number of carbonyl (C=O) groups excluding carboxylic acids is 2. The minimum Gasteiger partial charge on any atom is -0.497 e. The van der Waals surface area contributed by atoms with Gasteiger partial charge in [0.25, 0.3) is 5.91 Å². The average molecular weight is 2080 g/mol. The first-order valence-electron chi connectivity index (χ1n) is 47.1. The number of H-pyrrole nitrogens is 5. The molecule has 666 valence electrons. The number of fused-ring (bicyclic) bond motifs is 21. The van der Waals surface area contributed by atoms with E-state index < -0.39 is 0 Å². The van der Waals surface area contributed by atoms with Crippen molar-refractivity contribution in [1.29, 1.82) is 0 Å². The Balaban J connectivity index is 0.0000000926. The molecule has 1 amide bonds. The molecular weight excluding hydrogens is 1980 g/mol. The predicted molar refractivity (Wildman–Crippen MR) is 557 cm³/mol. The molecule has 18 aromatic rings. The number of hydrogen-bond donors (Lipinski definition) is 5. The van der Waals surface area contributed by atoms with Crippen LogP contribution in [-0.4, -0.2) is 67.3 Å². The van der Waals surface area contributed by atoms with Crippen LogP contribution < -0.4 is 4.74 Å². The van der Waals surface area contributed by atoms with Crippen molar-refractivity contribution in [2.75, 3.05) is 7.11 Å². The van der Waals surface area contributed by atoms with Gasteiger partial charge in [-0.2, -0.15) is 0 Å². The molecule has 0 fully saturated rings. The van der Waals surface area contributed by atoms with Crippen LogP contribution in [0.1, 0.15) is 246 Å². The maximum absolute atomic E-state index is 12.8. The summed E-state index contributed by atoms with van der Waals surface area (Å²) in [6, 6.07) is 74.8. The number of halogens is 5. The second-order valence-corrected chi connectivity index (χ2v) is 42.8. The summed E-state index contributed by atoms with van der Waals surface area (Å²) in [6.45, 7) is 6.72. The van der Waals surface area contributed by atoms with Crippen LogP contribution in [0.5, 0.6) is 5.75 Å². The zero-order chi connectivity index (χ0) is 89.5.